The van der Waals surface area contributed by atoms with Crippen LogP contribution in [0.4, 0.5) is 0 Å². The van der Waals surface area contributed by atoms with Gasteiger partial charge in [0.25, 0.3) is 0 Å². The third kappa shape index (κ3) is 4.73. The van der Waals surface area contributed by atoms with E-state index in [2.05, 4.69) is 24.1 Å². The molecule has 0 saturated heterocycles. The van der Waals surface area contributed by atoms with E-state index in [1.165, 1.54) is 6.42 Å². The topological polar surface area (TPSA) is 24.9 Å². The second-order valence-electron chi connectivity index (χ2n) is 3.66. The van der Waals surface area contributed by atoms with Crippen LogP contribution in [-0.4, -0.2) is 23.3 Å². The van der Waals surface area contributed by atoms with Crippen molar-refractivity contribution in [2.75, 3.05) is 12.3 Å². The molecule has 0 aliphatic heterocycles. The van der Waals surface area contributed by atoms with E-state index in [1.54, 1.807) is 18.0 Å². The molecule has 0 aromatic carbocycles. The van der Waals surface area contributed by atoms with Crippen LogP contribution in [0.15, 0.2) is 23.4 Å². The van der Waals surface area contributed by atoms with Crippen molar-refractivity contribution in [1.29, 1.82) is 0 Å². The molecule has 90 valence electrons. The van der Waals surface area contributed by atoms with Gasteiger partial charge >= 0.3 is 0 Å². The molecule has 0 aliphatic carbocycles. The molecule has 1 aromatic heterocycles. The minimum Gasteiger partial charge on any atom is -0.313 e. The van der Waals surface area contributed by atoms with Crippen molar-refractivity contribution in [1.82, 2.24) is 10.3 Å². The van der Waals surface area contributed by atoms with Gasteiger partial charge in [0.1, 0.15) is 5.03 Å². The number of hydrogen-bond donors (Lipinski definition) is 1. The lowest BCUT2D eigenvalue weighted by Crippen LogP contribution is -2.31. The summed E-state index contributed by atoms with van der Waals surface area (Å²) in [6.07, 6.45) is 4.09. The SMILES string of the molecule is CCCNC(CC)CSc1ncccc1Cl. The molecule has 0 saturated carbocycles. The summed E-state index contributed by atoms with van der Waals surface area (Å²) in [6.45, 7) is 5.46. The lowest BCUT2D eigenvalue weighted by molar-refractivity contribution is 0.539. The molecule has 1 N–H and O–H groups in total. The zero-order valence-electron chi connectivity index (χ0n) is 9.87. The van der Waals surface area contributed by atoms with Crippen LogP contribution >= 0.6 is 23.4 Å². The number of rotatable bonds is 7. The highest BCUT2D eigenvalue weighted by Crippen LogP contribution is 2.24. The maximum Gasteiger partial charge on any atom is 0.115 e. The molecule has 16 heavy (non-hydrogen) atoms. The van der Waals surface area contributed by atoms with Gasteiger partial charge in [-0.25, -0.2) is 4.98 Å². The van der Waals surface area contributed by atoms with E-state index >= 15 is 0 Å². The second kappa shape index (κ2) is 7.93. The van der Waals surface area contributed by atoms with E-state index in [4.69, 9.17) is 11.6 Å². The highest BCUT2D eigenvalue weighted by molar-refractivity contribution is 7.99. The van der Waals surface area contributed by atoms with Crippen molar-refractivity contribution in [2.24, 2.45) is 0 Å². The normalized spacial score (nSPS) is 12.7. The lowest BCUT2D eigenvalue weighted by atomic mass is 10.2. The molecule has 1 heterocycles. The van der Waals surface area contributed by atoms with Gasteiger partial charge in [0, 0.05) is 18.0 Å². The first-order chi connectivity index (χ1) is 7.77. The largest absolute Gasteiger partial charge is 0.313 e. The fourth-order valence-corrected chi connectivity index (χ4v) is 2.67. The molecule has 0 fully saturated rings. The summed E-state index contributed by atoms with van der Waals surface area (Å²) in [5.41, 5.74) is 0. The second-order valence-corrected chi connectivity index (χ2v) is 5.08. The Morgan fingerprint density at radius 1 is 1.50 bits per heavy atom. The standard InChI is InChI=1S/C12H19ClN2S/c1-3-7-14-10(4-2)9-16-12-11(13)6-5-8-15-12/h5-6,8,10,14H,3-4,7,9H2,1-2H3. The minimum absolute atomic E-state index is 0.544. The van der Waals surface area contributed by atoms with Crippen LogP contribution in [0.3, 0.4) is 0 Å². The molecule has 0 radical (unpaired) electrons. The molecule has 4 heteroatoms. The zero-order valence-corrected chi connectivity index (χ0v) is 11.4. The van der Waals surface area contributed by atoms with Gasteiger partial charge in [-0.1, -0.05) is 25.4 Å². The Bertz CT molecular complexity index is 307. The Kier molecular flexibility index (Phi) is 6.85. The Balaban J connectivity index is 2.40. The predicted octanol–water partition coefficient (Wildman–Crippen LogP) is 3.61. The first-order valence-electron chi connectivity index (χ1n) is 5.74. The van der Waals surface area contributed by atoms with E-state index in [0.29, 0.717) is 6.04 Å². The van der Waals surface area contributed by atoms with Gasteiger partial charge in [-0.15, -0.1) is 11.8 Å². The predicted molar refractivity (Wildman–Crippen MR) is 72.3 cm³/mol. The van der Waals surface area contributed by atoms with Crippen LogP contribution in [0.25, 0.3) is 0 Å². The van der Waals surface area contributed by atoms with Crippen LogP contribution in [0.2, 0.25) is 5.02 Å². The molecule has 1 rings (SSSR count). The highest BCUT2D eigenvalue weighted by atomic mass is 35.5. The summed E-state index contributed by atoms with van der Waals surface area (Å²) < 4.78 is 0. The van der Waals surface area contributed by atoms with E-state index in [-0.39, 0.29) is 0 Å². The van der Waals surface area contributed by atoms with E-state index in [9.17, 15) is 0 Å². The van der Waals surface area contributed by atoms with Crippen molar-refractivity contribution in [2.45, 2.75) is 37.8 Å². The Morgan fingerprint density at radius 2 is 2.31 bits per heavy atom. The molecule has 1 aromatic rings. The van der Waals surface area contributed by atoms with Crippen molar-refractivity contribution < 1.29 is 0 Å². The number of hydrogen-bond acceptors (Lipinski definition) is 3. The van der Waals surface area contributed by atoms with E-state index in [1.807, 2.05) is 12.1 Å². The molecule has 0 amide bonds. The Hall–Kier alpha value is -0.250. The summed E-state index contributed by atoms with van der Waals surface area (Å²) in [6, 6.07) is 4.29. The fraction of sp³-hybridized carbons (Fsp3) is 0.583. The highest BCUT2D eigenvalue weighted by Gasteiger charge is 2.08. The summed E-state index contributed by atoms with van der Waals surface area (Å²) in [5.74, 6) is 1.02. The van der Waals surface area contributed by atoms with Gasteiger partial charge in [0.05, 0.1) is 5.02 Å². The average molecular weight is 259 g/mol. The molecule has 1 unspecified atom stereocenters. The maximum absolute atomic E-state index is 6.05. The minimum atomic E-state index is 0.544. The first kappa shape index (κ1) is 13.8. The smallest absolute Gasteiger partial charge is 0.115 e. The van der Waals surface area contributed by atoms with Gasteiger partial charge in [-0.05, 0) is 31.5 Å². The van der Waals surface area contributed by atoms with Gasteiger partial charge in [0.15, 0.2) is 0 Å². The number of aromatic nitrogens is 1. The van der Waals surface area contributed by atoms with Crippen LogP contribution in [-0.2, 0) is 0 Å². The number of pyridine rings is 1. The summed E-state index contributed by atoms with van der Waals surface area (Å²) >= 11 is 7.78. The van der Waals surface area contributed by atoms with Gasteiger partial charge in [-0.3, -0.25) is 0 Å². The van der Waals surface area contributed by atoms with Crippen LogP contribution in [0.5, 0.6) is 0 Å². The molecular formula is C12H19ClN2S. The van der Waals surface area contributed by atoms with Gasteiger partial charge in [0.2, 0.25) is 0 Å². The van der Waals surface area contributed by atoms with E-state index in [0.717, 1.165) is 28.8 Å². The number of thioether (sulfide) groups is 1. The molecule has 1 atom stereocenters. The average Bonchev–Trinajstić information content (AvgIpc) is 2.31. The molecule has 2 nitrogen and oxygen atoms in total. The maximum atomic E-state index is 6.05. The number of nitrogens with zero attached hydrogens (tertiary/aromatic N) is 1. The lowest BCUT2D eigenvalue weighted by Gasteiger charge is -2.15. The number of nitrogens with one attached hydrogen (secondary N) is 1. The van der Waals surface area contributed by atoms with Crippen molar-refractivity contribution in [3.8, 4) is 0 Å². The summed E-state index contributed by atoms with van der Waals surface area (Å²) in [5, 5.41) is 5.20. The van der Waals surface area contributed by atoms with Gasteiger partial charge in [-0.2, -0.15) is 0 Å². The first-order valence-corrected chi connectivity index (χ1v) is 7.11. The van der Waals surface area contributed by atoms with Crippen molar-refractivity contribution in [3.05, 3.63) is 23.4 Å². The van der Waals surface area contributed by atoms with Crippen LogP contribution < -0.4 is 5.32 Å². The Labute approximate surface area is 107 Å². The zero-order chi connectivity index (χ0) is 11.8. The summed E-state index contributed by atoms with van der Waals surface area (Å²) in [7, 11) is 0. The molecular weight excluding hydrogens is 240 g/mol. The van der Waals surface area contributed by atoms with Crippen LogP contribution in [0.1, 0.15) is 26.7 Å². The van der Waals surface area contributed by atoms with Crippen molar-refractivity contribution in [3.63, 3.8) is 0 Å². The fourth-order valence-electron chi connectivity index (χ4n) is 1.33. The molecule has 0 aliphatic rings. The van der Waals surface area contributed by atoms with Crippen molar-refractivity contribution >= 4 is 23.4 Å². The summed E-state index contributed by atoms with van der Waals surface area (Å²) in [4.78, 5) is 4.27. The molecule has 0 spiro atoms. The third-order valence-electron chi connectivity index (χ3n) is 2.32. The van der Waals surface area contributed by atoms with Crippen LogP contribution in [0, 0.1) is 0 Å². The number of halogens is 1. The third-order valence-corrected chi connectivity index (χ3v) is 3.91. The Morgan fingerprint density at radius 3 is 2.94 bits per heavy atom. The van der Waals surface area contributed by atoms with E-state index < -0.39 is 0 Å². The quantitative estimate of drug-likeness (QED) is 0.757. The monoisotopic (exact) mass is 258 g/mol. The molecule has 0 bridgehead atoms. The van der Waals surface area contributed by atoms with Gasteiger partial charge < -0.3 is 5.32 Å².